The van der Waals surface area contributed by atoms with Crippen molar-refractivity contribution >= 4 is 20.6 Å². The van der Waals surface area contributed by atoms with Crippen molar-refractivity contribution in [2.24, 2.45) is 5.41 Å². The number of allylic oxidation sites excluding steroid dienone is 2. The number of fused-ring (bicyclic) bond motifs is 2. The molecule has 0 bridgehead atoms. The van der Waals surface area contributed by atoms with Gasteiger partial charge < -0.3 is 0 Å². The Morgan fingerprint density at radius 1 is 1.00 bits per heavy atom. The van der Waals surface area contributed by atoms with Gasteiger partial charge in [-0.2, -0.15) is 0 Å². The number of hydrogen-bond acceptors (Lipinski definition) is 2. The Morgan fingerprint density at radius 3 is 2.45 bits per heavy atom. The minimum Gasteiger partial charge on any atom is -0.223 e. The van der Waals surface area contributed by atoms with Crippen LogP contribution in [0.25, 0.3) is 10.8 Å². The average Bonchev–Trinajstić information content (AvgIpc) is 3.44. The Bertz CT molecular complexity index is 1250. The molecule has 0 aliphatic heterocycles. The van der Waals surface area contributed by atoms with Crippen molar-refractivity contribution in [3.8, 4) is 0 Å². The highest BCUT2D eigenvalue weighted by molar-refractivity contribution is 7.92. The van der Waals surface area contributed by atoms with Gasteiger partial charge in [-0.1, -0.05) is 78.4 Å². The summed E-state index contributed by atoms with van der Waals surface area (Å²) in [5.74, 6) is 0. The fraction of sp³-hybridized carbons (Fsp3) is 0.231. The normalized spacial score (nSPS) is 28.1. The topological polar surface area (TPSA) is 34.1 Å². The molecule has 1 saturated carbocycles. The lowest BCUT2D eigenvalue weighted by Crippen LogP contribution is -2.31. The van der Waals surface area contributed by atoms with Gasteiger partial charge >= 0.3 is 0 Å². The molecule has 0 saturated heterocycles. The number of hydrogen-bond donors (Lipinski definition) is 0. The summed E-state index contributed by atoms with van der Waals surface area (Å²) >= 11 is 0. The van der Waals surface area contributed by atoms with E-state index in [0.29, 0.717) is 11.3 Å². The molecule has 3 heteroatoms. The van der Waals surface area contributed by atoms with Crippen LogP contribution in [0.1, 0.15) is 24.0 Å². The molecule has 0 radical (unpaired) electrons. The SMILES string of the molecule is C=CC12C=CC(S(=O)(=O)c3ccc(C)cc3)C[C@]1(c1ccc3ccccc3c1)C2. The molecule has 0 spiro atoms. The van der Waals surface area contributed by atoms with E-state index in [-0.39, 0.29) is 10.8 Å². The zero-order valence-corrected chi connectivity index (χ0v) is 17.3. The second-order valence-corrected chi connectivity index (χ2v) is 10.7. The maximum atomic E-state index is 13.4. The molecule has 0 aromatic heterocycles. The van der Waals surface area contributed by atoms with Gasteiger partial charge in [-0.3, -0.25) is 0 Å². The maximum absolute atomic E-state index is 13.4. The first-order valence-electron chi connectivity index (χ1n) is 10.0. The van der Waals surface area contributed by atoms with Gasteiger partial charge in [0.2, 0.25) is 0 Å². The standard InChI is InChI=1S/C26H24O2S/c1-3-25-15-14-24(29(27,28)23-12-8-19(2)9-13-23)17-26(25,18-25)22-11-10-20-6-4-5-7-21(20)16-22/h3-16,24H,1,17-18H2,2H3/t24?,25?,26-/m1/s1. The third kappa shape index (κ3) is 2.64. The number of aryl methyl sites for hydroxylation is 1. The maximum Gasteiger partial charge on any atom is 0.184 e. The molecule has 2 aliphatic rings. The van der Waals surface area contributed by atoms with Crippen molar-refractivity contribution < 1.29 is 8.42 Å². The van der Waals surface area contributed by atoms with Crippen LogP contribution < -0.4 is 0 Å². The van der Waals surface area contributed by atoms with E-state index in [4.69, 9.17) is 0 Å². The van der Waals surface area contributed by atoms with Crippen molar-refractivity contribution in [1.29, 1.82) is 0 Å². The van der Waals surface area contributed by atoms with Crippen molar-refractivity contribution in [3.05, 3.63) is 103 Å². The van der Waals surface area contributed by atoms with E-state index in [1.165, 1.54) is 16.3 Å². The third-order valence-corrected chi connectivity index (χ3v) is 8.98. The summed E-state index contributed by atoms with van der Waals surface area (Å²) in [5, 5.41) is 1.87. The highest BCUT2D eigenvalue weighted by Gasteiger charge is 2.67. The molecule has 2 aliphatic carbocycles. The molecule has 5 rings (SSSR count). The molecule has 1 fully saturated rings. The smallest absolute Gasteiger partial charge is 0.184 e. The molecule has 3 aromatic carbocycles. The quantitative estimate of drug-likeness (QED) is 0.522. The van der Waals surface area contributed by atoms with Crippen LogP contribution in [0, 0.1) is 12.3 Å². The number of rotatable bonds is 4. The molecular formula is C26H24O2S. The van der Waals surface area contributed by atoms with Crippen LogP contribution in [0.5, 0.6) is 0 Å². The van der Waals surface area contributed by atoms with Crippen LogP contribution in [-0.4, -0.2) is 13.7 Å². The fourth-order valence-electron chi connectivity index (χ4n) is 5.05. The van der Waals surface area contributed by atoms with Crippen LogP contribution in [0.2, 0.25) is 0 Å². The molecule has 0 heterocycles. The summed E-state index contributed by atoms with van der Waals surface area (Å²) in [6.07, 6.45) is 7.49. The predicted molar refractivity (Wildman–Crippen MR) is 119 cm³/mol. The molecule has 146 valence electrons. The Labute approximate surface area is 172 Å². The highest BCUT2D eigenvalue weighted by atomic mass is 32.2. The van der Waals surface area contributed by atoms with Crippen LogP contribution in [0.3, 0.4) is 0 Å². The first-order chi connectivity index (χ1) is 13.9. The molecule has 3 aromatic rings. The average molecular weight is 401 g/mol. The molecule has 2 unspecified atom stereocenters. The largest absolute Gasteiger partial charge is 0.223 e. The minimum atomic E-state index is -3.43. The van der Waals surface area contributed by atoms with Gasteiger partial charge in [0, 0.05) is 10.8 Å². The van der Waals surface area contributed by atoms with Crippen molar-refractivity contribution in [3.63, 3.8) is 0 Å². The summed E-state index contributed by atoms with van der Waals surface area (Å²) in [4.78, 5) is 0.401. The van der Waals surface area contributed by atoms with Crippen molar-refractivity contribution in [2.45, 2.75) is 35.3 Å². The Kier molecular flexibility index (Phi) is 3.91. The van der Waals surface area contributed by atoms with Gasteiger partial charge in [-0.25, -0.2) is 8.42 Å². The second-order valence-electron chi connectivity index (χ2n) is 8.53. The summed E-state index contributed by atoms with van der Waals surface area (Å²) in [6, 6.07) is 22.0. The van der Waals surface area contributed by atoms with Crippen LogP contribution in [0.15, 0.2) is 96.4 Å². The van der Waals surface area contributed by atoms with Crippen LogP contribution in [-0.2, 0) is 15.3 Å². The lowest BCUT2D eigenvalue weighted by molar-refractivity contribution is 0.508. The molecule has 3 atom stereocenters. The van der Waals surface area contributed by atoms with Crippen molar-refractivity contribution in [1.82, 2.24) is 0 Å². The van der Waals surface area contributed by atoms with Crippen LogP contribution in [0.4, 0.5) is 0 Å². The van der Waals surface area contributed by atoms with Gasteiger partial charge in [0.25, 0.3) is 0 Å². The zero-order chi connectivity index (χ0) is 20.3. The monoisotopic (exact) mass is 400 g/mol. The number of benzene rings is 3. The van der Waals surface area contributed by atoms with E-state index in [2.05, 4.69) is 43.0 Å². The Balaban J connectivity index is 1.58. The van der Waals surface area contributed by atoms with Crippen LogP contribution >= 0.6 is 0 Å². The number of sulfone groups is 1. The van der Waals surface area contributed by atoms with Gasteiger partial charge in [0.05, 0.1) is 10.1 Å². The van der Waals surface area contributed by atoms with E-state index in [0.717, 1.165) is 12.0 Å². The lowest BCUT2D eigenvalue weighted by atomic mass is 9.78. The molecule has 0 N–H and O–H groups in total. The molecule has 2 nitrogen and oxygen atoms in total. The summed E-state index contributed by atoms with van der Waals surface area (Å²) in [6.45, 7) is 6.05. The third-order valence-electron chi connectivity index (χ3n) is 6.93. The predicted octanol–water partition coefficient (Wildman–Crippen LogP) is 5.76. The minimum absolute atomic E-state index is 0.144. The Morgan fingerprint density at radius 2 is 1.72 bits per heavy atom. The van der Waals surface area contributed by atoms with E-state index in [9.17, 15) is 8.42 Å². The van der Waals surface area contributed by atoms with Crippen molar-refractivity contribution in [2.75, 3.05) is 0 Å². The van der Waals surface area contributed by atoms with E-state index in [1.807, 2.05) is 43.3 Å². The second kappa shape index (κ2) is 6.17. The van der Waals surface area contributed by atoms with E-state index in [1.54, 1.807) is 12.1 Å². The van der Waals surface area contributed by atoms with E-state index >= 15 is 0 Å². The summed E-state index contributed by atoms with van der Waals surface area (Å²) < 4.78 is 26.7. The molecular weight excluding hydrogens is 376 g/mol. The van der Waals surface area contributed by atoms with Gasteiger partial charge in [-0.15, -0.1) is 6.58 Å². The fourth-order valence-corrected chi connectivity index (χ4v) is 6.71. The lowest BCUT2D eigenvalue weighted by Gasteiger charge is -2.30. The first kappa shape index (κ1) is 18.4. The Hall–Kier alpha value is -2.65. The van der Waals surface area contributed by atoms with Gasteiger partial charge in [0.1, 0.15) is 0 Å². The highest BCUT2D eigenvalue weighted by Crippen LogP contribution is 2.71. The molecule has 0 amide bonds. The summed E-state index contributed by atoms with van der Waals surface area (Å²) in [5.41, 5.74) is 1.93. The van der Waals surface area contributed by atoms with Gasteiger partial charge in [0.15, 0.2) is 9.84 Å². The summed E-state index contributed by atoms with van der Waals surface area (Å²) in [7, 11) is -3.43. The zero-order valence-electron chi connectivity index (χ0n) is 16.5. The van der Waals surface area contributed by atoms with Gasteiger partial charge in [-0.05, 0) is 48.2 Å². The first-order valence-corrected chi connectivity index (χ1v) is 11.6. The van der Waals surface area contributed by atoms with E-state index < -0.39 is 15.1 Å². The molecule has 29 heavy (non-hydrogen) atoms.